The second kappa shape index (κ2) is 6.49. The van der Waals surface area contributed by atoms with Crippen molar-refractivity contribution in [2.45, 2.75) is 26.3 Å². The molecule has 0 saturated carbocycles. The number of fused-ring (bicyclic) bond motifs is 1. The van der Waals surface area contributed by atoms with Gasteiger partial charge < -0.3 is 16.4 Å². The van der Waals surface area contributed by atoms with Gasteiger partial charge in [0.15, 0.2) is 0 Å². The third-order valence-electron chi connectivity index (χ3n) is 2.66. The van der Waals surface area contributed by atoms with Crippen LogP contribution in [-0.2, 0) is 4.79 Å². The number of nitrogens with two attached hydrogens (primary N) is 1. The Kier molecular flexibility index (Phi) is 4.69. The molecule has 0 atom stereocenters. The van der Waals surface area contributed by atoms with Crippen LogP contribution in [0.4, 0.5) is 5.69 Å². The summed E-state index contributed by atoms with van der Waals surface area (Å²) in [6.45, 7) is 4.02. The van der Waals surface area contributed by atoms with Crippen LogP contribution in [-0.4, -0.2) is 34.4 Å². The molecule has 2 heterocycles. The lowest BCUT2D eigenvalue weighted by Crippen LogP contribution is -2.34. The van der Waals surface area contributed by atoms with Crippen molar-refractivity contribution in [3.63, 3.8) is 0 Å². The quantitative estimate of drug-likeness (QED) is 0.761. The number of rotatable bonds is 5. The fourth-order valence-electron chi connectivity index (χ4n) is 1.78. The van der Waals surface area contributed by atoms with E-state index in [0.717, 1.165) is 0 Å². The highest BCUT2D eigenvalue weighted by atomic mass is 32.1. The lowest BCUT2D eigenvalue weighted by Gasteiger charge is -2.08. The number of thiophene rings is 1. The molecule has 0 fully saturated rings. The molecule has 2 aromatic rings. The second-order valence-electron chi connectivity index (χ2n) is 4.78. The largest absolute Gasteiger partial charge is 0.396 e. The van der Waals surface area contributed by atoms with E-state index in [1.807, 2.05) is 13.8 Å². The number of amides is 2. The highest BCUT2D eigenvalue weighted by Gasteiger charge is 2.17. The predicted molar refractivity (Wildman–Crippen MR) is 82.1 cm³/mol. The summed E-state index contributed by atoms with van der Waals surface area (Å²) in [6.07, 6.45) is 3.31. The molecule has 7 nitrogen and oxygen atoms in total. The van der Waals surface area contributed by atoms with Crippen molar-refractivity contribution in [3.8, 4) is 0 Å². The molecular weight excluding hydrogens is 290 g/mol. The number of hydrogen-bond acceptors (Lipinski definition) is 6. The zero-order valence-electron chi connectivity index (χ0n) is 11.8. The van der Waals surface area contributed by atoms with Crippen LogP contribution in [0, 0.1) is 0 Å². The van der Waals surface area contributed by atoms with Crippen LogP contribution in [0.3, 0.4) is 0 Å². The maximum atomic E-state index is 12.1. The monoisotopic (exact) mass is 307 g/mol. The molecule has 2 rings (SSSR count). The molecule has 4 N–H and O–H groups in total. The van der Waals surface area contributed by atoms with Crippen molar-refractivity contribution in [1.29, 1.82) is 0 Å². The van der Waals surface area contributed by atoms with E-state index in [4.69, 9.17) is 5.73 Å². The van der Waals surface area contributed by atoms with Gasteiger partial charge in [-0.15, -0.1) is 11.3 Å². The SMILES string of the molecule is CC(C)NC(=O)CCNC(=O)c1sc2nccnc2c1N. The molecule has 0 radical (unpaired) electrons. The van der Waals surface area contributed by atoms with E-state index in [2.05, 4.69) is 20.6 Å². The first-order valence-electron chi connectivity index (χ1n) is 6.55. The first-order chi connectivity index (χ1) is 9.99. The number of carbonyl (C=O) groups excluding carboxylic acids is 2. The Bertz CT molecular complexity index is 668. The fourth-order valence-corrected chi connectivity index (χ4v) is 2.71. The Balaban J connectivity index is 1.96. The summed E-state index contributed by atoms with van der Waals surface area (Å²) in [5.74, 6) is -0.410. The molecule has 0 aliphatic heterocycles. The van der Waals surface area contributed by atoms with Gasteiger partial charge in [-0.1, -0.05) is 0 Å². The van der Waals surface area contributed by atoms with Crippen LogP contribution in [0.5, 0.6) is 0 Å². The molecule has 2 aromatic heterocycles. The number of nitrogens with one attached hydrogen (secondary N) is 2. The number of hydrogen-bond donors (Lipinski definition) is 3. The minimum atomic E-state index is -0.311. The molecule has 0 aliphatic carbocycles. The Morgan fingerprint density at radius 3 is 2.71 bits per heavy atom. The highest BCUT2D eigenvalue weighted by Crippen LogP contribution is 2.30. The van der Waals surface area contributed by atoms with Crippen molar-refractivity contribution in [2.24, 2.45) is 0 Å². The van der Waals surface area contributed by atoms with Gasteiger partial charge in [-0.05, 0) is 13.8 Å². The van der Waals surface area contributed by atoms with Gasteiger partial charge in [0.2, 0.25) is 5.91 Å². The summed E-state index contributed by atoms with van der Waals surface area (Å²) in [4.78, 5) is 32.8. The minimum absolute atomic E-state index is 0.0867. The molecule has 0 bridgehead atoms. The Hall–Kier alpha value is -2.22. The van der Waals surface area contributed by atoms with Crippen molar-refractivity contribution in [3.05, 3.63) is 17.3 Å². The molecule has 8 heteroatoms. The average Bonchev–Trinajstić information content (AvgIpc) is 2.76. The summed E-state index contributed by atoms with van der Waals surface area (Å²) in [7, 11) is 0. The van der Waals surface area contributed by atoms with E-state index in [-0.39, 0.29) is 30.8 Å². The van der Waals surface area contributed by atoms with E-state index >= 15 is 0 Å². The van der Waals surface area contributed by atoms with Crippen LogP contribution in [0.15, 0.2) is 12.4 Å². The molecule has 21 heavy (non-hydrogen) atoms. The Morgan fingerprint density at radius 1 is 1.33 bits per heavy atom. The predicted octanol–water partition coefficient (Wildman–Crippen LogP) is 0.918. The van der Waals surface area contributed by atoms with E-state index < -0.39 is 0 Å². The number of anilines is 1. The van der Waals surface area contributed by atoms with Gasteiger partial charge in [0.1, 0.15) is 15.2 Å². The number of aromatic nitrogens is 2. The van der Waals surface area contributed by atoms with Gasteiger partial charge in [-0.3, -0.25) is 9.59 Å². The zero-order chi connectivity index (χ0) is 15.4. The molecule has 2 amide bonds. The topological polar surface area (TPSA) is 110 Å². The van der Waals surface area contributed by atoms with Crippen LogP contribution in [0.25, 0.3) is 10.3 Å². The van der Waals surface area contributed by atoms with Gasteiger partial charge >= 0.3 is 0 Å². The third-order valence-corrected chi connectivity index (χ3v) is 3.76. The maximum Gasteiger partial charge on any atom is 0.263 e. The zero-order valence-corrected chi connectivity index (χ0v) is 12.7. The number of carbonyl (C=O) groups is 2. The summed E-state index contributed by atoms with van der Waals surface area (Å²) in [5.41, 5.74) is 6.76. The van der Waals surface area contributed by atoms with Gasteiger partial charge in [-0.25, -0.2) is 9.97 Å². The summed E-state index contributed by atoms with van der Waals surface area (Å²) < 4.78 is 0. The van der Waals surface area contributed by atoms with E-state index in [1.165, 1.54) is 17.5 Å². The van der Waals surface area contributed by atoms with Crippen molar-refractivity contribution < 1.29 is 9.59 Å². The van der Waals surface area contributed by atoms with Gasteiger partial charge in [-0.2, -0.15) is 0 Å². The van der Waals surface area contributed by atoms with E-state index in [1.54, 1.807) is 6.20 Å². The summed E-state index contributed by atoms with van der Waals surface area (Å²) in [5, 5.41) is 5.44. The van der Waals surface area contributed by atoms with Crippen molar-refractivity contribution >= 4 is 39.2 Å². The standard InChI is InChI=1S/C13H17N5O2S/c1-7(2)18-8(19)3-4-16-12(20)11-9(14)10-13(21-11)17-6-5-15-10/h5-7H,3-4,14H2,1-2H3,(H,16,20)(H,18,19). The van der Waals surface area contributed by atoms with Crippen LogP contribution >= 0.6 is 11.3 Å². The third kappa shape index (κ3) is 3.66. The molecule has 0 spiro atoms. The average molecular weight is 307 g/mol. The molecule has 0 saturated heterocycles. The lowest BCUT2D eigenvalue weighted by atomic mass is 10.3. The van der Waals surface area contributed by atoms with Crippen LogP contribution in [0.2, 0.25) is 0 Å². The Morgan fingerprint density at radius 2 is 2.05 bits per heavy atom. The smallest absolute Gasteiger partial charge is 0.263 e. The maximum absolute atomic E-state index is 12.1. The van der Waals surface area contributed by atoms with Crippen LogP contribution in [0.1, 0.15) is 29.9 Å². The molecule has 0 aromatic carbocycles. The van der Waals surface area contributed by atoms with E-state index in [0.29, 0.717) is 20.9 Å². The van der Waals surface area contributed by atoms with Gasteiger partial charge in [0.25, 0.3) is 5.91 Å². The van der Waals surface area contributed by atoms with E-state index in [9.17, 15) is 9.59 Å². The molecule has 0 aliphatic rings. The minimum Gasteiger partial charge on any atom is -0.396 e. The first kappa shape index (κ1) is 15.2. The second-order valence-corrected chi connectivity index (χ2v) is 5.78. The van der Waals surface area contributed by atoms with Gasteiger partial charge in [0.05, 0.1) is 5.69 Å². The molecular formula is C13H17N5O2S. The molecule has 112 valence electrons. The van der Waals surface area contributed by atoms with Crippen molar-refractivity contribution in [1.82, 2.24) is 20.6 Å². The Labute approximate surface area is 126 Å². The number of nitrogens with zero attached hydrogens (tertiary/aromatic N) is 2. The number of nitrogen functional groups attached to an aromatic ring is 1. The van der Waals surface area contributed by atoms with Crippen LogP contribution < -0.4 is 16.4 Å². The summed E-state index contributed by atoms with van der Waals surface area (Å²) in [6, 6.07) is 0.0867. The van der Waals surface area contributed by atoms with Gasteiger partial charge in [0, 0.05) is 31.4 Å². The first-order valence-corrected chi connectivity index (χ1v) is 7.37. The van der Waals surface area contributed by atoms with Crippen molar-refractivity contribution in [2.75, 3.05) is 12.3 Å². The molecule has 0 unspecified atom stereocenters. The lowest BCUT2D eigenvalue weighted by molar-refractivity contribution is -0.121. The fraction of sp³-hybridized carbons (Fsp3) is 0.385. The normalized spacial score (nSPS) is 10.8. The highest BCUT2D eigenvalue weighted by molar-refractivity contribution is 7.21. The summed E-state index contributed by atoms with van der Waals surface area (Å²) >= 11 is 1.19.